The lowest BCUT2D eigenvalue weighted by molar-refractivity contribution is 0.415. The van der Waals surface area contributed by atoms with Crippen LogP contribution in [0.15, 0.2) is 47.4 Å². The Morgan fingerprint density at radius 2 is 1.80 bits per heavy atom. The zero-order chi connectivity index (χ0) is 14.8. The van der Waals surface area contributed by atoms with Crippen LogP contribution in [0.1, 0.15) is 0 Å². The minimum Gasteiger partial charge on any atom is -0.497 e. The lowest BCUT2D eigenvalue weighted by atomic mass is 10.3. The monoisotopic (exact) mass is 315 g/mol. The van der Waals surface area contributed by atoms with Crippen LogP contribution in [-0.2, 0) is 10.0 Å². The second-order valence-corrected chi connectivity index (χ2v) is 5.97. The first-order chi connectivity index (χ1) is 9.42. The van der Waals surface area contributed by atoms with Gasteiger partial charge in [-0.2, -0.15) is 0 Å². The Balaban J connectivity index is 2.30. The molecule has 0 heterocycles. The van der Waals surface area contributed by atoms with Crippen LogP contribution < -0.4 is 9.46 Å². The molecule has 0 aliphatic carbocycles. The minimum atomic E-state index is -3.87. The number of rotatable bonds is 4. The maximum Gasteiger partial charge on any atom is 0.263 e. The average molecular weight is 316 g/mol. The van der Waals surface area contributed by atoms with Gasteiger partial charge in [-0.3, -0.25) is 4.72 Å². The summed E-state index contributed by atoms with van der Waals surface area (Å²) in [7, 11) is -2.36. The third-order valence-corrected chi connectivity index (χ3v) is 4.39. The van der Waals surface area contributed by atoms with E-state index in [0.29, 0.717) is 11.4 Å². The highest BCUT2D eigenvalue weighted by Gasteiger charge is 2.18. The summed E-state index contributed by atoms with van der Waals surface area (Å²) in [6.07, 6.45) is 0. The van der Waals surface area contributed by atoms with E-state index < -0.39 is 15.8 Å². The Kier molecular flexibility index (Phi) is 4.15. The first-order valence-corrected chi connectivity index (χ1v) is 7.40. The fourth-order valence-electron chi connectivity index (χ4n) is 1.56. The second kappa shape index (κ2) is 5.68. The molecule has 0 spiro atoms. The van der Waals surface area contributed by atoms with E-state index in [1.54, 1.807) is 24.3 Å². The lowest BCUT2D eigenvalue weighted by Crippen LogP contribution is -2.13. The van der Waals surface area contributed by atoms with Gasteiger partial charge in [0.15, 0.2) is 0 Å². The topological polar surface area (TPSA) is 55.4 Å². The number of anilines is 1. The zero-order valence-electron chi connectivity index (χ0n) is 10.4. The van der Waals surface area contributed by atoms with Gasteiger partial charge in [-0.15, -0.1) is 0 Å². The molecule has 4 nitrogen and oxygen atoms in total. The lowest BCUT2D eigenvalue weighted by Gasteiger charge is -2.10. The number of benzene rings is 2. The quantitative estimate of drug-likeness (QED) is 0.942. The van der Waals surface area contributed by atoms with Crippen molar-refractivity contribution in [3.63, 3.8) is 0 Å². The molecule has 2 aromatic rings. The highest BCUT2D eigenvalue weighted by Crippen LogP contribution is 2.25. The summed E-state index contributed by atoms with van der Waals surface area (Å²) >= 11 is 5.75. The first kappa shape index (κ1) is 14.6. The number of hydrogen-bond donors (Lipinski definition) is 1. The third-order valence-electron chi connectivity index (χ3n) is 2.53. The molecule has 2 rings (SSSR count). The highest BCUT2D eigenvalue weighted by atomic mass is 35.5. The molecule has 2 aromatic carbocycles. The summed E-state index contributed by atoms with van der Waals surface area (Å²) in [5.41, 5.74) is 0.353. The van der Waals surface area contributed by atoms with Gasteiger partial charge >= 0.3 is 0 Å². The Morgan fingerprint density at radius 1 is 1.15 bits per heavy atom. The Hall–Kier alpha value is -1.79. The molecule has 0 atom stereocenters. The summed E-state index contributed by atoms with van der Waals surface area (Å²) in [5, 5.41) is -0.175. The molecular weight excluding hydrogens is 305 g/mol. The summed E-state index contributed by atoms with van der Waals surface area (Å²) in [4.78, 5) is -0.184. The van der Waals surface area contributed by atoms with E-state index >= 15 is 0 Å². The summed E-state index contributed by atoms with van der Waals surface area (Å²) in [5.74, 6) is 0.00570. The molecule has 0 bridgehead atoms. The molecule has 20 heavy (non-hydrogen) atoms. The molecule has 0 unspecified atom stereocenters. The number of ether oxygens (including phenoxy) is 1. The minimum absolute atomic E-state index is 0.175. The maximum absolute atomic E-state index is 12.9. The second-order valence-electron chi connectivity index (χ2n) is 3.91. The third kappa shape index (κ3) is 3.20. The van der Waals surface area contributed by atoms with Crippen LogP contribution in [0.2, 0.25) is 5.02 Å². The number of hydrogen-bond acceptors (Lipinski definition) is 3. The van der Waals surface area contributed by atoms with Crippen molar-refractivity contribution < 1.29 is 17.5 Å². The fraction of sp³-hybridized carbons (Fsp3) is 0.0769. The largest absolute Gasteiger partial charge is 0.497 e. The smallest absolute Gasteiger partial charge is 0.263 e. The highest BCUT2D eigenvalue weighted by molar-refractivity contribution is 7.92. The van der Waals surface area contributed by atoms with Gasteiger partial charge in [0, 0.05) is 5.69 Å². The molecule has 0 saturated heterocycles. The van der Waals surface area contributed by atoms with Gasteiger partial charge in [0.05, 0.1) is 12.1 Å². The summed E-state index contributed by atoms with van der Waals surface area (Å²) < 4.78 is 44.5. The Bertz CT molecular complexity index is 717. The first-order valence-electron chi connectivity index (χ1n) is 5.54. The molecule has 0 aromatic heterocycles. The van der Waals surface area contributed by atoms with Crippen molar-refractivity contribution >= 4 is 27.3 Å². The van der Waals surface area contributed by atoms with E-state index in [1.165, 1.54) is 7.11 Å². The predicted molar refractivity (Wildman–Crippen MR) is 75.2 cm³/mol. The van der Waals surface area contributed by atoms with Crippen LogP contribution >= 0.6 is 11.6 Å². The van der Waals surface area contributed by atoms with Gasteiger partial charge in [-0.05, 0) is 42.5 Å². The molecule has 1 N–H and O–H groups in total. The number of sulfonamides is 1. The van der Waals surface area contributed by atoms with Gasteiger partial charge in [0.25, 0.3) is 10.0 Å². The standard InChI is InChI=1S/C13H11ClFNO3S/c1-19-11-5-3-10(4-6-11)16-20(17,18)13-7-2-9(15)8-12(13)14/h2-8,16H,1H3. The SMILES string of the molecule is COc1ccc(NS(=O)(=O)c2ccc(F)cc2Cl)cc1. The Morgan fingerprint density at radius 3 is 2.35 bits per heavy atom. The van der Waals surface area contributed by atoms with E-state index in [2.05, 4.69) is 4.72 Å². The predicted octanol–water partition coefficient (Wildman–Crippen LogP) is 3.29. The number of halogens is 2. The zero-order valence-corrected chi connectivity index (χ0v) is 12.0. The van der Waals surface area contributed by atoms with E-state index in [1.807, 2.05) is 0 Å². The summed E-state index contributed by atoms with van der Waals surface area (Å²) in [6, 6.07) is 9.43. The van der Waals surface area contributed by atoms with Crippen LogP contribution in [0.25, 0.3) is 0 Å². The van der Waals surface area contributed by atoms with E-state index in [-0.39, 0.29) is 9.92 Å². The van der Waals surface area contributed by atoms with Crippen LogP contribution in [-0.4, -0.2) is 15.5 Å². The van der Waals surface area contributed by atoms with Crippen LogP contribution in [0, 0.1) is 5.82 Å². The van der Waals surface area contributed by atoms with E-state index in [4.69, 9.17) is 16.3 Å². The number of methoxy groups -OCH3 is 1. The molecule has 0 radical (unpaired) electrons. The van der Waals surface area contributed by atoms with Crippen LogP contribution in [0.3, 0.4) is 0 Å². The average Bonchev–Trinajstić information content (AvgIpc) is 2.38. The van der Waals surface area contributed by atoms with Gasteiger partial charge in [0.2, 0.25) is 0 Å². The van der Waals surface area contributed by atoms with Crippen LogP contribution in [0.5, 0.6) is 5.75 Å². The van der Waals surface area contributed by atoms with E-state index in [0.717, 1.165) is 18.2 Å². The molecule has 0 aliphatic heterocycles. The molecule has 0 saturated carbocycles. The van der Waals surface area contributed by atoms with Crippen LogP contribution in [0.4, 0.5) is 10.1 Å². The van der Waals surface area contributed by atoms with Crippen molar-refractivity contribution in [2.75, 3.05) is 11.8 Å². The van der Waals surface area contributed by atoms with Gasteiger partial charge in [0.1, 0.15) is 16.5 Å². The molecule has 106 valence electrons. The maximum atomic E-state index is 12.9. The van der Waals surface area contributed by atoms with Gasteiger partial charge < -0.3 is 4.74 Å². The number of nitrogens with one attached hydrogen (secondary N) is 1. The molecule has 0 aliphatic rings. The normalized spacial score (nSPS) is 11.2. The Labute approximate surface area is 121 Å². The van der Waals surface area contributed by atoms with Crippen molar-refractivity contribution in [3.05, 3.63) is 53.3 Å². The van der Waals surface area contributed by atoms with Gasteiger partial charge in [-0.25, -0.2) is 12.8 Å². The summed E-state index contributed by atoms with van der Waals surface area (Å²) in [6.45, 7) is 0. The molecular formula is C13H11ClFNO3S. The molecule has 0 amide bonds. The fourth-order valence-corrected chi connectivity index (χ4v) is 3.15. The van der Waals surface area contributed by atoms with Crippen molar-refractivity contribution in [1.82, 2.24) is 0 Å². The van der Waals surface area contributed by atoms with Gasteiger partial charge in [-0.1, -0.05) is 11.6 Å². The van der Waals surface area contributed by atoms with Crippen molar-refractivity contribution in [2.45, 2.75) is 4.90 Å². The van der Waals surface area contributed by atoms with Crippen molar-refractivity contribution in [2.24, 2.45) is 0 Å². The molecule has 0 fully saturated rings. The molecule has 7 heteroatoms. The van der Waals surface area contributed by atoms with E-state index in [9.17, 15) is 12.8 Å². The van der Waals surface area contributed by atoms with Crippen molar-refractivity contribution in [3.8, 4) is 5.75 Å². The van der Waals surface area contributed by atoms with Crippen molar-refractivity contribution in [1.29, 1.82) is 0 Å².